The molecule has 1 aromatic carbocycles. The molecular weight excluding hydrogens is 300 g/mol. The Balaban J connectivity index is 1.97. The molecule has 0 heteroatoms. The maximum Gasteiger partial charge on any atom is 0.0255 e. The molecule has 0 radical (unpaired) electrons. The Morgan fingerprint density at radius 3 is 2.16 bits per heavy atom. The van der Waals surface area contributed by atoms with Gasteiger partial charge in [0.15, 0.2) is 0 Å². The lowest BCUT2D eigenvalue weighted by atomic mass is 9.71. The van der Waals surface area contributed by atoms with E-state index in [4.69, 9.17) is 0 Å². The van der Waals surface area contributed by atoms with Crippen LogP contribution in [0, 0.1) is 16.7 Å². The van der Waals surface area contributed by atoms with Crippen LogP contribution in [0.15, 0.2) is 77.6 Å². The standard InChI is InChI=1S/C25H26/c1-24(2,3)17-14-15-18(16-17)25(4,5)23-21-12-8-6-10-19(21)20-11-7-9-13-22(20)23/h6-15,21H,1-5H3. The summed E-state index contributed by atoms with van der Waals surface area (Å²) < 4.78 is 0. The summed E-state index contributed by atoms with van der Waals surface area (Å²) in [6.07, 6.45) is 13.5. The summed E-state index contributed by atoms with van der Waals surface area (Å²) in [6, 6.07) is 8.86. The molecule has 0 saturated carbocycles. The molecule has 0 aromatic heterocycles. The van der Waals surface area contributed by atoms with Gasteiger partial charge in [0.2, 0.25) is 0 Å². The molecule has 0 aliphatic heterocycles. The minimum Gasteiger partial charge on any atom is -0.112 e. The van der Waals surface area contributed by atoms with Crippen molar-refractivity contribution in [2.24, 2.45) is 16.7 Å². The van der Waals surface area contributed by atoms with Crippen molar-refractivity contribution in [3.63, 3.8) is 0 Å². The van der Waals surface area contributed by atoms with Crippen molar-refractivity contribution in [2.75, 3.05) is 0 Å². The Labute approximate surface area is 151 Å². The number of fused-ring (bicyclic) bond motifs is 2. The highest BCUT2D eigenvalue weighted by Gasteiger charge is 2.37. The van der Waals surface area contributed by atoms with Crippen LogP contribution in [0.2, 0.25) is 0 Å². The van der Waals surface area contributed by atoms with E-state index < -0.39 is 0 Å². The van der Waals surface area contributed by atoms with Crippen molar-refractivity contribution in [2.45, 2.75) is 34.6 Å². The summed E-state index contributed by atoms with van der Waals surface area (Å²) >= 11 is 0. The zero-order chi connectivity index (χ0) is 17.8. The molecule has 4 rings (SSSR count). The molecule has 126 valence electrons. The first-order chi connectivity index (χ1) is 11.8. The summed E-state index contributed by atoms with van der Waals surface area (Å²) in [5.41, 5.74) is 9.34. The first kappa shape index (κ1) is 16.2. The Hall–Kier alpha value is -2.30. The van der Waals surface area contributed by atoms with E-state index in [1.54, 1.807) is 0 Å². The first-order valence-electron chi connectivity index (χ1n) is 9.19. The van der Waals surface area contributed by atoms with Crippen molar-refractivity contribution in [1.82, 2.24) is 0 Å². The molecule has 0 N–H and O–H groups in total. The van der Waals surface area contributed by atoms with Gasteiger partial charge in [0.25, 0.3) is 0 Å². The fourth-order valence-electron chi connectivity index (χ4n) is 4.26. The molecule has 0 amide bonds. The average Bonchev–Trinajstić information content (AvgIpc) is 3.18. The lowest BCUT2D eigenvalue weighted by Crippen LogP contribution is -2.29. The van der Waals surface area contributed by atoms with Crippen molar-refractivity contribution in [3.8, 4) is 0 Å². The largest absolute Gasteiger partial charge is 0.112 e. The molecule has 3 aliphatic carbocycles. The third-order valence-electron chi connectivity index (χ3n) is 5.71. The molecular formula is C25H26. The highest BCUT2D eigenvalue weighted by atomic mass is 14.4. The van der Waals surface area contributed by atoms with Crippen molar-refractivity contribution in [3.05, 3.63) is 88.0 Å². The van der Waals surface area contributed by atoms with Gasteiger partial charge in [-0.2, -0.15) is 0 Å². The fraction of sp³-hybridized carbons (Fsp3) is 0.320. The van der Waals surface area contributed by atoms with Crippen molar-refractivity contribution >= 4 is 11.1 Å². The second-order valence-corrected chi connectivity index (χ2v) is 8.80. The van der Waals surface area contributed by atoms with Crippen molar-refractivity contribution in [1.29, 1.82) is 0 Å². The second kappa shape index (κ2) is 5.35. The van der Waals surface area contributed by atoms with Gasteiger partial charge in [-0.15, -0.1) is 5.73 Å². The van der Waals surface area contributed by atoms with Gasteiger partial charge >= 0.3 is 0 Å². The van der Waals surface area contributed by atoms with E-state index in [9.17, 15) is 0 Å². The van der Waals surface area contributed by atoms with Gasteiger partial charge in [0, 0.05) is 16.9 Å². The van der Waals surface area contributed by atoms with Crippen LogP contribution in [0.3, 0.4) is 0 Å². The Kier molecular flexibility index (Phi) is 3.46. The number of hydrogen-bond acceptors (Lipinski definition) is 0. The van der Waals surface area contributed by atoms with Gasteiger partial charge < -0.3 is 0 Å². The normalized spacial score (nSPS) is 21.4. The summed E-state index contributed by atoms with van der Waals surface area (Å²) in [5, 5.41) is 2.79. The van der Waals surface area contributed by atoms with E-state index in [2.05, 4.69) is 101 Å². The van der Waals surface area contributed by atoms with Crippen molar-refractivity contribution < 1.29 is 0 Å². The smallest absolute Gasteiger partial charge is 0.0255 e. The van der Waals surface area contributed by atoms with Crippen LogP contribution in [0.1, 0.15) is 34.6 Å². The van der Waals surface area contributed by atoms with Gasteiger partial charge in [-0.25, -0.2) is 0 Å². The van der Waals surface area contributed by atoms with E-state index in [0.717, 1.165) is 0 Å². The number of rotatable bonds is 2. The monoisotopic (exact) mass is 326 g/mol. The van der Waals surface area contributed by atoms with E-state index in [1.807, 2.05) is 0 Å². The molecule has 0 fully saturated rings. The predicted molar refractivity (Wildman–Crippen MR) is 107 cm³/mol. The van der Waals surface area contributed by atoms with Gasteiger partial charge in [-0.1, -0.05) is 83.2 Å². The molecule has 0 spiro atoms. The quantitative estimate of drug-likeness (QED) is 0.682. The topological polar surface area (TPSA) is 0 Å². The van der Waals surface area contributed by atoms with Crippen LogP contribution < -0.4 is 10.4 Å². The second-order valence-electron chi connectivity index (χ2n) is 8.80. The summed E-state index contributed by atoms with van der Waals surface area (Å²) in [5.74, 6) is 0.374. The number of allylic oxidation sites excluding steroid dienone is 7. The van der Waals surface area contributed by atoms with Gasteiger partial charge in [-0.05, 0) is 44.7 Å². The molecule has 3 aliphatic rings. The molecule has 25 heavy (non-hydrogen) atoms. The van der Waals surface area contributed by atoms with E-state index in [-0.39, 0.29) is 10.8 Å². The summed E-state index contributed by atoms with van der Waals surface area (Å²) in [7, 11) is 0. The molecule has 0 nitrogen and oxygen atoms in total. The lowest BCUT2D eigenvalue weighted by molar-refractivity contribution is 0.518. The van der Waals surface area contributed by atoms with Gasteiger partial charge in [0.1, 0.15) is 0 Å². The van der Waals surface area contributed by atoms with Crippen LogP contribution >= 0.6 is 0 Å². The zero-order valence-corrected chi connectivity index (χ0v) is 15.9. The summed E-state index contributed by atoms with van der Waals surface area (Å²) in [6.45, 7) is 11.5. The Morgan fingerprint density at radius 2 is 1.48 bits per heavy atom. The third-order valence-corrected chi connectivity index (χ3v) is 5.71. The summed E-state index contributed by atoms with van der Waals surface area (Å²) in [4.78, 5) is 0. The third kappa shape index (κ3) is 2.44. The molecule has 0 saturated heterocycles. The highest BCUT2D eigenvalue weighted by Crippen LogP contribution is 2.46. The zero-order valence-electron chi connectivity index (χ0n) is 15.9. The first-order valence-corrected chi connectivity index (χ1v) is 9.19. The fourth-order valence-corrected chi connectivity index (χ4v) is 4.26. The van der Waals surface area contributed by atoms with Gasteiger partial charge in [-0.3, -0.25) is 0 Å². The number of hydrogen-bond donors (Lipinski definition) is 0. The van der Waals surface area contributed by atoms with Crippen LogP contribution in [-0.4, -0.2) is 0 Å². The maximum atomic E-state index is 3.72. The van der Waals surface area contributed by atoms with E-state index in [0.29, 0.717) is 5.92 Å². The lowest BCUT2D eigenvalue weighted by Gasteiger charge is -2.32. The van der Waals surface area contributed by atoms with Crippen LogP contribution in [0.5, 0.6) is 0 Å². The Bertz CT molecular complexity index is 1020. The predicted octanol–water partition coefficient (Wildman–Crippen LogP) is 4.84. The molecule has 1 aromatic rings. The SMILES string of the molecule is CC(C)(C)C1=C=C(C(C)(C)C2=c3ccccc3=C3C=CC=CC32)C=C1. The average molecular weight is 326 g/mol. The molecule has 1 unspecified atom stereocenters. The Morgan fingerprint density at radius 1 is 0.800 bits per heavy atom. The van der Waals surface area contributed by atoms with Crippen LogP contribution in [0.25, 0.3) is 11.1 Å². The molecule has 1 atom stereocenters. The van der Waals surface area contributed by atoms with E-state index >= 15 is 0 Å². The minimum atomic E-state index is -0.0540. The minimum absolute atomic E-state index is 0.0540. The van der Waals surface area contributed by atoms with Crippen LogP contribution in [-0.2, 0) is 0 Å². The molecule has 0 heterocycles. The highest BCUT2D eigenvalue weighted by molar-refractivity contribution is 5.83. The molecule has 0 bridgehead atoms. The van der Waals surface area contributed by atoms with E-state index in [1.165, 1.54) is 32.7 Å². The van der Waals surface area contributed by atoms with Crippen LogP contribution in [0.4, 0.5) is 0 Å². The van der Waals surface area contributed by atoms with Gasteiger partial charge in [0.05, 0.1) is 0 Å². The number of benzene rings is 1. The maximum absolute atomic E-state index is 3.72.